The number of imidazole rings is 1. The Bertz CT molecular complexity index is 963. The number of rotatable bonds is 3. The van der Waals surface area contributed by atoms with Gasteiger partial charge in [0.15, 0.2) is 15.5 Å². The van der Waals surface area contributed by atoms with Crippen LogP contribution >= 0.6 is 0 Å². The number of H-pyrrole nitrogens is 1. The predicted octanol–water partition coefficient (Wildman–Crippen LogP) is 1.74. The lowest BCUT2D eigenvalue weighted by atomic mass is 10.2. The van der Waals surface area contributed by atoms with Gasteiger partial charge in [-0.1, -0.05) is 0 Å². The second-order valence-corrected chi connectivity index (χ2v) is 6.80. The number of aromatic nitrogens is 3. The Kier molecular flexibility index (Phi) is 3.25. The SMILES string of the molecule is COc1cc(S(C)(=O)=O)ccc1-c1nc2ncc(O)cc2[nH]1. The van der Waals surface area contributed by atoms with Crippen molar-refractivity contribution < 1.29 is 18.3 Å². The first-order valence-corrected chi connectivity index (χ1v) is 8.21. The molecule has 0 unspecified atom stereocenters. The number of nitrogens with zero attached hydrogens (tertiary/aromatic N) is 2. The molecule has 0 radical (unpaired) electrons. The number of fused-ring (bicyclic) bond motifs is 1. The molecular weight excluding hydrogens is 306 g/mol. The molecule has 0 aliphatic rings. The molecule has 3 aromatic rings. The summed E-state index contributed by atoms with van der Waals surface area (Å²) in [6.45, 7) is 0. The van der Waals surface area contributed by atoms with E-state index in [4.69, 9.17) is 4.74 Å². The summed E-state index contributed by atoms with van der Waals surface area (Å²) in [6, 6.07) is 6.07. The maximum Gasteiger partial charge on any atom is 0.178 e. The van der Waals surface area contributed by atoms with Crippen LogP contribution in [0.2, 0.25) is 0 Å². The average molecular weight is 319 g/mol. The quantitative estimate of drug-likeness (QED) is 0.762. The summed E-state index contributed by atoms with van der Waals surface area (Å²) in [6.07, 6.45) is 2.44. The number of ether oxygens (including phenoxy) is 1. The molecule has 22 heavy (non-hydrogen) atoms. The monoisotopic (exact) mass is 319 g/mol. The van der Waals surface area contributed by atoms with Gasteiger partial charge in [0.05, 0.1) is 29.3 Å². The van der Waals surface area contributed by atoms with E-state index in [1.165, 1.54) is 31.5 Å². The topological polar surface area (TPSA) is 105 Å². The van der Waals surface area contributed by atoms with E-state index in [-0.39, 0.29) is 10.6 Å². The molecule has 0 aliphatic heterocycles. The van der Waals surface area contributed by atoms with E-state index in [1.54, 1.807) is 6.07 Å². The molecule has 7 nitrogen and oxygen atoms in total. The van der Waals surface area contributed by atoms with Crippen LogP contribution in [-0.2, 0) is 9.84 Å². The molecule has 0 amide bonds. The molecule has 0 saturated carbocycles. The third-order valence-electron chi connectivity index (χ3n) is 3.18. The number of pyridine rings is 1. The second kappa shape index (κ2) is 4.99. The highest BCUT2D eigenvalue weighted by Gasteiger charge is 2.15. The predicted molar refractivity (Wildman–Crippen MR) is 80.7 cm³/mol. The number of hydrogen-bond donors (Lipinski definition) is 2. The van der Waals surface area contributed by atoms with E-state index in [0.717, 1.165) is 6.26 Å². The Balaban J connectivity index is 2.17. The summed E-state index contributed by atoms with van der Waals surface area (Å²) in [5.74, 6) is 0.887. The zero-order valence-electron chi connectivity index (χ0n) is 11.9. The Morgan fingerprint density at radius 1 is 1.27 bits per heavy atom. The molecule has 0 bridgehead atoms. The van der Waals surface area contributed by atoms with Crippen molar-refractivity contribution in [2.24, 2.45) is 0 Å². The fourth-order valence-electron chi connectivity index (χ4n) is 2.11. The smallest absolute Gasteiger partial charge is 0.178 e. The van der Waals surface area contributed by atoms with E-state index in [1.807, 2.05) is 0 Å². The zero-order valence-corrected chi connectivity index (χ0v) is 12.7. The van der Waals surface area contributed by atoms with Crippen LogP contribution in [0.15, 0.2) is 35.4 Å². The second-order valence-electron chi connectivity index (χ2n) is 4.78. The van der Waals surface area contributed by atoms with Crippen molar-refractivity contribution in [2.75, 3.05) is 13.4 Å². The number of aromatic hydroxyl groups is 1. The molecule has 1 aromatic carbocycles. The molecule has 0 saturated heterocycles. The van der Waals surface area contributed by atoms with Crippen molar-refractivity contribution >= 4 is 21.0 Å². The number of nitrogens with one attached hydrogen (secondary N) is 1. The molecule has 2 N–H and O–H groups in total. The minimum atomic E-state index is -3.32. The van der Waals surface area contributed by atoms with E-state index < -0.39 is 9.84 Å². The summed E-state index contributed by atoms with van der Waals surface area (Å²) in [5.41, 5.74) is 1.62. The highest BCUT2D eigenvalue weighted by molar-refractivity contribution is 7.90. The Morgan fingerprint density at radius 3 is 2.73 bits per heavy atom. The van der Waals surface area contributed by atoms with Gasteiger partial charge in [-0.3, -0.25) is 0 Å². The minimum absolute atomic E-state index is 0.0297. The first-order valence-electron chi connectivity index (χ1n) is 6.31. The lowest BCUT2D eigenvalue weighted by Crippen LogP contribution is -1.99. The molecule has 114 valence electrons. The van der Waals surface area contributed by atoms with Crippen LogP contribution in [0.3, 0.4) is 0 Å². The molecule has 3 rings (SSSR count). The van der Waals surface area contributed by atoms with Crippen molar-refractivity contribution in [3.05, 3.63) is 30.5 Å². The third-order valence-corrected chi connectivity index (χ3v) is 4.29. The average Bonchev–Trinajstić information content (AvgIpc) is 2.88. The van der Waals surface area contributed by atoms with Gasteiger partial charge < -0.3 is 14.8 Å². The van der Waals surface area contributed by atoms with Crippen LogP contribution in [0.1, 0.15) is 0 Å². The van der Waals surface area contributed by atoms with Crippen molar-refractivity contribution in [1.82, 2.24) is 15.0 Å². The number of sulfone groups is 1. The molecule has 2 heterocycles. The van der Waals surface area contributed by atoms with Gasteiger partial charge in [0.25, 0.3) is 0 Å². The fraction of sp³-hybridized carbons (Fsp3) is 0.143. The standard InChI is InChI=1S/C14H13N3O4S/c1-21-12-6-9(22(2,19)20)3-4-10(12)13-16-11-5-8(18)7-15-14(11)17-13/h3-7,18H,1-2H3,(H,15,16,17). The number of aromatic amines is 1. The number of methoxy groups -OCH3 is 1. The van der Waals surface area contributed by atoms with Gasteiger partial charge in [0.1, 0.15) is 17.3 Å². The van der Waals surface area contributed by atoms with Crippen molar-refractivity contribution in [3.8, 4) is 22.9 Å². The van der Waals surface area contributed by atoms with Crippen molar-refractivity contribution in [3.63, 3.8) is 0 Å². The lowest BCUT2D eigenvalue weighted by molar-refractivity contribution is 0.415. The van der Waals surface area contributed by atoms with E-state index >= 15 is 0 Å². The summed E-state index contributed by atoms with van der Waals surface area (Å²) in [5, 5.41) is 9.44. The van der Waals surface area contributed by atoms with Gasteiger partial charge in [-0.05, 0) is 18.2 Å². The van der Waals surface area contributed by atoms with Crippen LogP contribution in [-0.4, -0.2) is 41.8 Å². The molecule has 0 spiro atoms. The largest absolute Gasteiger partial charge is 0.506 e. The first kappa shape index (κ1) is 14.3. The van der Waals surface area contributed by atoms with E-state index in [2.05, 4.69) is 15.0 Å². The highest BCUT2D eigenvalue weighted by atomic mass is 32.2. The van der Waals surface area contributed by atoms with Gasteiger partial charge >= 0.3 is 0 Å². The van der Waals surface area contributed by atoms with E-state index in [9.17, 15) is 13.5 Å². The Morgan fingerprint density at radius 2 is 2.05 bits per heavy atom. The summed E-state index contributed by atoms with van der Waals surface area (Å²) >= 11 is 0. The number of benzene rings is 1. The van der Waals surface area contributed by atoms with Crippen LogP contribution in [0, 0.1) is 0 Å². The fourth-order valence-corrected chi connectivity index (χ4v) is 2.75. The van der Waals surface area contributed by atoms with Gasteiger partial charge in [0, 0.05) is 12.3 Å². The van der Waals surface area contributed by atoms with Gasteiger partial charge in [-0.15, -0.1) is 0 Å². The van der Waals surface area contributed by atoms with Crippen LogP contribution in [0.4, 0.5) is 0 Å². The van der Waals surface area contributed by atoms with Crippen LogP contribution in [0.5, 0.6) is 11.5 Å². The Hall–Kier alpha value is -2.61. The third kappa shape index (κ3) is 2.48. The van der Waals surface area contributed by atoms with E-state index in [0.29, 0.717) is 28.3 Å². The number of hydrogen-bond acceptors (Lipinski definition) is 6. The van der Waals surface area contributed by atoms with Crippen LogP contribution in [0.25, 0.3) is 22.6 Å². The highest BCUT2D eigenvalue weighted by Crippen LogP contribution is 2.31. The van der Waals surface area contributed by atoms with Crippen molar-refractivity contribution in [2.45, 2.75) is 4.90 Å². The van der Waals surface area contributed by atoms with Crippen LogP contribution < -0.4 is 4.74 Å². The maximum atomic E-state index is 11.6. The molecule has 0 atom stereocenters. The summed E-state index contributed by atoms with van der Waals surface area (Å²) < 4.78 is 28.5. The normalized spacial score (nSPS) is 11.7. The zero-order chi connectivity index (χ0) is 15.9. The van der Waals surface area contributed by atoms with Crippen molar-refractivity contribution in [1.29, 1.82) is 0 Å². The molecule has 0 aliphatic carbocycles. The molecular formula is C14H13N3O4S. The minimum Gasteiger partial charge on any atom is -0.506 e. The maximum absolute atomic E-state index is 11.6. The van der Waals surface area contributed by atoms with Gasteiger partial charge in [-0.25, -0.2) is 18.4 Å². The summed E-state index contributed by atoms with van der Waals surface area (Å²) in [4.78, 5) is 11.5. The van der Waals surface area contributed by atoms with Gasteiger partial charge in [-0.2, -0.15) is 0 Å². The molecule has 8 heteroatoms. The lowest BCUT2D eigenvalue weighted by Gasteiger charge is -2.08. The molecule has 0 fully saturated rings. The van der Waals surface area contributed by atoms with Gasteiger partial charge in [0.2, 0.25) is 0 Å². The summed E-state index contributed by atoms with van der Waals surface area (Å²) in [7, 11) is -1.86. The molecule has 2 aromatic heterocycles. The first-order chi connectivity index (χ1) is 10.4. The Labute approximate surface area is 126 Å².